The monoisotopic (exact) mass is 222 g/mol. The zero-order valence-electron chi connectivity index (χ0n) is 8.99. The number of aryl methyl sites for hydroxylation is 1. The maximum absolute atomic E-state index is 11.3. The number of aromatic nitrogens is 1. The fourth-order valence-corrected chi connectivity index (χ4v) is 1.08. The van der Waals surface area contributed by atoms with Crippen LogP contribution in [0.3, 0.4) is 0 Å². The zero-order valence-corrected chi connectivity index (χ0v) is 8.99. The number of amides is 2. The third-order valence-corrected chi connectivity index (χ3v) is 1.77. The number of nitrogens with two attached hydrogens (primary N) is 1. The summed E-state index contributed by atoms with van der Waals surface area (Å²) in [5, 5.41) is 4.81. The molecule has 0 aliphatic rings. The van der Waals surface area contributed by atoms with Gasteiger partial charge in [0.1, 0.15) is 0 Å². The van der Waals surface area contributed by atoms with Crippen LogP contribution in [0.25, 0.3) is 0 Å². The zero-order chi connectivity index (χ0) is 12.0. The van der Waals surface area contributed by atoms with Crippen LogP contribution in [0, 0.1) is 6.92 Å². The molecule has 0 unspecified atom stereocenters. The lowest BCUT2D eigenvalue weighted by Crippen LogP contribution is -2.37. The van der Waals surface area contributed by atoms with Gasteiger partial charge in [-0.2, -0.15) is 0 Å². The fraction of sp³-hybridized carbons (Fsp3) is 0.300. The van der Waals surface area contributed by atoms with Gasteiger partial charge in [0, 0.05) is 19.3 Å². The Balaban J connectivity index is 2.54. The Morgan fingerprint density at radius 3 is 2.75 bits per heavy atom. The quantitative estimate of drug-likeness (QED) is 0.595. The molecule has 2 amide bonds. The molecule has 6 nitrogen and oxygen atoms in total. The molecule has 0 radical (unpaired) electrons. The normalized spacial score (nSPS) is 9.62. The Kier molecular flexibility index (Phi) is 4.41. The molecule has 0 aromatic carbocycles. The van der Waals surface area contributed by atoms with E-state index in [4.69, 9.17) is 5.73 Å². The second-order valence-electron chi connectivity index (χ2n) is 3.25. The Morgan fingerprint density at radius 2 is 2.12 bits per heavy atom. The van der Waals surface area contributed by atoms with E-state index in [0.29, 0.717) is 12.2 Å². The van der Waals surface area contributed by atoms with Crippen molar-refractivity contribution in [3.63, 3.8) is 0 Å². The second kappa shape index (κ2) is 5.82. The Bertz CT molecular complexity index is 392. The molecule has 1 aromatic rings. The molecule has 0 saturated heterocycles. The Hall–Kier alpha value is -1.95. The van der Waals surface area contributed by atoms with Crippen molar-refractivity contribution in [2.24, 2.45) is 5.73 Å². The van der Waals surface area contributed by atoms with Crippen LogP contribution in [0.1, 0.15) is 5.56 Å². The molecule has 1 aromatic heterocycles. The number of carbonyl (C=O) groups excluding carboxylic acids is 2. The SMILES string of the molecule is Cc1cncc(NC(=O)C(=O)NCCN)c1. The molecule has 0 saturated carbocycles. The summed E-state index contributed by atoms with van der Waals surface area (Å²) < 4.78 is 0. The predicted octanol–water partition coefficient (Wildman–Crippen LogP) is -0.597. The first-order chi connectivity index (χ1) is 7.63. The van der Waals surface area contributed by atoms with E-state index in [9.17, 15) is 9.59 Å². The Morgan fingerprint density at radius 1 is 1.38 bits per heavy atom. The molecule has 0 aliphatic heterocycles. The molecule has 4 N–H and O–H groups in total. The van der Waals surface area contributed by atoms with Crippen molar-refractivity contribution >= 4 is 17.5 Å². The molecule has 6 heteroatoms. The van der Waals surface area contributed by atoms with Crippen LogP contribution >= 0.6 is 0 Å². The first-order valence-electron chi connectivity index (χ1n) is 4.84. The highest BCUT2D eigenvalue weighted by Gasteiger charge is 2.12. The van der Waals surface area contributed by atoms with Gasteiger partial charge in [-0.3, -0.25) is 14.6 Å². The molecule has 1 heterocycles. The van der Waals surface area contributed by atoms with Crippen molar-refractivity contribution in [1.29, 1.82) is 0 Å². The minimum atomic E-state index is -0.721. The van der Waals surface area contributed by atoms with Crippen LogP contribution in [0.4, 0.5) is 5.69 Å². The maximum Gasteiger partial charge on any atom is 0.313 e. The largest absolute Gasteiger partial charge is 0.347 e. The first kappa shape index (κ1) is 12.1. The van der Waals surface area contributed by atoms with Crippen molar-refractivity contribution in [3.05, 3.63) is 24.0 Å². The summed E-state index contributed by atoms with van der Waals surface area (Å²) in [5.41, 5.74) is 6.59. The maximum atomic E-state index is 11.3. The highest BCUT2D eigenvalue weighted by molar-refractivity contribution is 6.39. The van der Waals surface area contributed by atoms with Crippen LogP contribution in [-0.2, 0) is 9.59 Å². The van der Waals surface area contributed by atoms with Crippen LogP contribution in [0.5, 0.6) is 0 Å². The third-order valence-electron chi connectivity index (χ3n) is 1.77. The lowest BCUT2D eigenvalue weighted by atomic mass is 10.3. The lowest BCUT2D eigenvalue weighted by Gasteiger charge is -2.05. The number of anilines is 1. The van der Waals surface area contributed by atoms with Gasteiger partial charge >= 0.3 is 11.8 Å². The van der Waals surface area contributed by atoms with Gasteiger partial charge in [-0.25, -0.2) is 0 Å². The smallest absolute Gasteiger partial charge is 0.313 e. The second-order valence-corrected chi connectivity index (χ2v) is 3.25. The molecule has 0 spiro atoms. The number of hydrogen-bond donors (Lipinski definition) is 3. The van der Waals surface area contributed by atoms with Gasteiger partial charge in [0.15, 0.2) is 0 Å². The molecule has 0 bridgehead atoms. The summed E-state index contributed by atoms with van der Waals surface area (Å²) in [4.78, 5) is 26.4. The predicted molar refractivity (Wildman–Crippen MR) is 59.7 cm³/mol. The van der Waals surface area contributed by atoms with E-state index in [1.165, 1.54) is 6.20 Å². The van der Waals surface area contributed by atoms with Gasteiger partial charge in [0.25, 0.3) is 0 Å². The van der Waals surface area contributed by atoms with Gasteiger partial charge < -0.3 is 16.4 Å². The van der Waals surface area contributed by atoms with E-state index >= 15 is 0 Å². The summed E-state index contributed by atoms with van der Waals surface area (Å²) in [7, 11) is 0. The molecule has 1 rings (SSSR count). The average molecular weight is 222 g/mol. The number of hydrogen-bond acceptors (Lipinski definition) is 4. The van der Waals surface area contributed by atoms with E-state index in [-0.39, 0.29) is 6.54 Å². The van der Waals surface area contributed by atoms with Gasteiger partial charge in [0.2, 0.25) is 0 Å². The van der Waals surface area contributed by atoms with Gasteiger partial charge in [-0.05, 0) is 18.6 Å². The molecule has 0 aliphatic carbocycles. The molecule has 0 atom stereocenters. The number of rotatable bonds is 3. The summed E-state index contributed by atoms with van der Waals surface area (Å²) in [5.74, 6) is -1.42. The summed E-state index contributed by atoms with van der Waals surface area (Å²) in [6.45, 7) is 2.42. The molecule has 86 valence electrons. The minimum absolute atomic E-state index is 0.276. The molecular weight excluding hydrogens is 208 g/mol. The summed E-state index contributed by atoms with van der Waals surface area (Å²) in [6, 6.07) is 1.72. The minimum Gasteiger partial charge on any atom is -0.347 e. The molecule has 0 fully saturated rings. The lowest BCUT2D eigenvalue weighted by molar-refractivity contribution is -0.136. The number of carbonyl (C=O) groups is 2. The number of nitrogens with one attached hydrogen (secondary N) is 2. The van der Waals surface area contributed by atoms with E-state index in [1.807, 2.05) is 6.92 Å². The number of pyridine rings is 1. The Labute approximate surface area is 93.2 Å². The third kappa shape index (κ3) is 3.66. The van der Waals surface area contributed by atoms with E-state index in [1.54, 1.807) is 12.3 Å². The fourth-order valence-electron chi connectivity index (χ4n) is 1.08. The van der Waals surface area contributed by atoms with E-state index in [2.05, 4.69) is 15.6 Å². The van der Waals surface area contributed by atoms with Crippen molar-refractivity contribution in [2.75, 3.05) is 18.4 Å². The topological polar surface area (TPSA) is 97.1 Å². The van der Waals surface area contributed by atoms with Crippen LogP contribution in [0.15, 0.2) is 18.5 Å². The van der Waals surface area contributed by atoms with Crippen molar-refractivity contribution < 1.29 is 9.59 Å². The van der Waals surface area contributed by atoms with Crippen molar-refractivity contribution in [3.8, 4) is 0 Å². The van der Waals surface area contributed by atoms with Crippen LogP contribution < -0.4 is 16.4 Å². The first-order valence-corrected chi connectivity index (χ1v) is 4.84. The highest BCUT2D eigenvalue weighted by Crippen LogP contribution is 2.06. The average Bonchev–Trinajstić information content (AvgIpc) is 2.25. The highest BCUT2D eigenvalue weighted by atomic mass is 16.2. The molecular formula is C10H14N4O2. The summed E-state index contributed by atoms with van der Waals surface area (Å²) >= 11 is 0. The van der Waals surface area contributed by atoms with Gasteiger partial charge in [-0.1, -0.05) is 0 Å². The van der Waals surface area contributed by atoms with Gasteiger partial charge in [-0.15, -0.1) is 0 Å². The standard InChI is InChI=1S/C10H14N4O2/c1-7-4-8(6-12-5-7)14-10(16)9(15)13-3-2-11/h4-6H,2-3,11H2,1H3,(H,13,15)(H,14,16). The van der Waals surface area contributed by atoms with Gasteiger partial charge in [0.05, 0.1) is 11.9 Å². The van der Waals surface area contributed by atoms with Crippen molar-refractivity contribution in [2.45, 2.75) is 6.92 Å². The summed E-state index contributed by atoms with van der Waals surface area (Å²) in [6.07, 6.45) is 3.13. The van der Waals surface area contributed by atoms with Crippen LogP contribution in [0.2, 0.25) is 0 Å². The number of nitrogens with zero attached hydrogens (tertiary/aromatic N) is 1. The van der Waals surface area contributed by atoms with Crippen molar-refractivity contribution in [1.82, 2.24) is 10.3 Å². The van der Waals surface area contributed by atoms with E-state index < -0.39 is 11.8 Å². The van der Waals surface area contributed by atoms with E-state index in [0.717, 1.165) is 5.56 Å². The van der Waals surface area contributed by atoms with Crippen LogP contribution in [-0.4, -0.2) is 29.9 Å². The molecule has 16 heavy (non-hydrogen) atoms.